The molecule has 0 spiro atoms. The third-order valence-electron chi connectivity index (χ3n) is 2.30. The van der Waals surface area contributed by atoms with Crippen LogP contribution in [0.3, 0.4) is 0 Å². The lowest BCUT2D eigenvalue weighted by molar-refractivity contribution is 0.562. The summed E-state index contributed by atoms with van der Waals surface area (Å²) in [5.74, 6) is 0. The Morgan fingerprint density at radius 3 is 2.89 bits per heavy atom. The van der Waals surface area contributed by atoms with Gasteiger partial charge in [-0.2, -0.15) is 5.10 Å². The molecule has 18 heavy (non-hydrogen) atoms. The fourth-order valence-corrected chi connectivity index (χ4v) is 3.71. The van der Waals surface area contributed by atoms with Gasteiger partial charge < -0.3 is 5.73 Å². The van der Waals surface area contributed by atoms with Gasteiger partial charge in [-0.3, -0.25) is 4.68 Å². The molecule has 0 aliphatic rings. The molecule has 0 radical (unpaired) electrons. The van der Waals surface area contributed by atoms with Crippen molar-refractivity contribution in [3.8, 4) is 0 Å². The molecule has 2 aromatic rings. The summed E-state index contributed by atoms with van der Waals surface area (Å²) in [4.78, 5) is 0.849. The van der Waals surface area contributed by atoms with Crippen molar-refractivity contribution in [2.24, 2.45) is 5.73 Å². The first-order chi connectivity index (χ1) is 8.62. The van der Waals surface area contributed by atoms with Crippen LogP contribution in [-0.4, -0.2) is 24.7 Å². The van der Waals surface area contributed by atoms with Gasteiger partial charge in [0.25, 0.3) is 0 Å². The Bertz CT molecular complexity index is 589. The van der Waals surface area contributed by atoms with E-state index in [0.717, 1.165) is 4.88 Å². The lowest BCUT2D eigenvalue weighted by Crippen LogP contribution is -2.26. The van der Waals surface area contributed by atoms with Crippen molar-refractivity contribution >= 4 is 21.4 Å². The molecule has 0 aliphatic heterocycles. The van der Waals surface area contributed by atoms with Crippen LogP contribution in [-0.2, 0) is 23.1 Å². The van der Waals surface area contributed by atoms with Gasteiger partial charge in [0, 0.05) is 30.4 Å². The number of hydrogen-bond donors (Lipinski definition) is 2. The molecule has 8 heteroatoms. The Kier molecular flexibility index (Phi) is 4.12. The van der Waals surface area contributed by atoms with E-state index in [4.69, 9.17) is 5.73 Å². The fourth-order valence-electron chi connectivity index (χ4n) is 1.41. The van der Waals surface area contributed by atoms with Gasteiger partial charge in [-0.25, -0.2) is 13.1 Å². The maximum atomic E-state index is 11.9. The Hall–Kier alpha value is -1.22. The summed E-state index contributed by atoms with van der Waals surface area (Å²) in [6.45, 7) is 1.16. The molecular formula is C10H14N4O2S2. The number of nitrogens with zero attached hydrogens (tertiary/aromatic N) is 2. The zero-order chi connectivity index (χ0) is 13.0. The van der Waals surface area contributed by atoms with Crippen LogP contribution in [0.1, 0.15) is 4.88 Å². The average Bonchev–Trinajstić information content (AvgIpc) is 2.99. The summed E-state index contributed by atoms with van der Waals surface area (Å²) in [5, 5.41) is 3.99. The van der Waals surface area contributed by atoms with Crippen LogP contribution in [0, 0.1) is 0 Å². The van der Waals surface area contributed by atoms with E-state index >= 15 is 0 Å². The van der Waals surface area contributed by atoms with Crippen LogP contribution in [0.15, 0.2) is 34.8 Å². The molecule has 2 heterocycles. The Labute approximate surface area is 109 Å². The van der Waals surface area contributed by atoms with Crippen molar-refractivity contribution < 1.29 is 8.42 Å². The van der Waals surface area contributed by atoms with Crippen molar-refractivity contribution in [3.63, 3.8) is 0 Å². The van der Waals surface area contributed by atoms with Crippen LogP contribution < -0.4 is 10.5 Å². The van der Waals surface area contributed by atoms with E-state index in [9.17, 15) is 8.42 Å². The summed E-state index contributed by atoms with van der Waals surface area (Å²) in [6.07, 6.45) is 3.44. The Morgan fingerprint density at radius 2 is 2.28 bits per heavy atom. The number of rotatable bonds is 6. The van der Waals surface area contributed by atoms with E-state index < -0.39 is 10.0 Å². The quantitative estimate of drug-likeness (QED) is 0.803. The summed E-state index contributed by atoms with van der Waals surface area (Å²) in [6, 6.07) is 5.09. The number of aromatic nitrogens is 2. The molecule has 0 fully saturated rings. The average molecular weight is 286 g/mol. The first-order valence-corrected chi connectivity index (χ1v) is 7.67. The maximum Gasteiger partial charge on any atom is 0.250 e. The highest BCUT2D eigenvalue weighted by Gasteiger charge is 2.15. The molecule has 0 atom stereocenters. The molecule has 6 nitrogen and oxygen atoms in total. The summed E-state index contributed by atoms with van der Waals surface area (Å²) in [5.41, 5.74) is 5.45. The van der Waals surface area contributed by atoms with Gasteiger partial charge in [-0.15, -0.1) is 11.3 Å². The second kappa shape index (κ2) is 5.61. The maximum absolute atomic E-state index is 11.9. The van der Waals surface area contributed by atoms with Gasteiger partial charge in [-0.1, -0.05) is 0 Å². The number of nitrogens with two attached hydrogens (primary N) is 1. The molecule has 2 aromatic heterocycles. The van der Waals surface area contributed by atoms with Gasteiger partial charge >= 0.3 is 0 Å². The van der Waals surface area contributed by atoms with E-state index in [1.165, 1.54) is 11.3 Å². The normalized spacial score (nSPS) is 11.8. The zero-order valence-electron chi connectivity index (χ0n) is 9.61. The largest absolute Gasteiger partial charge is 0.326 e. The molecule has 3 N–H and O–H groups in total. The van der Waals surface area contributed by atoms with Crippen molar-refractivity contribution in [2.45, 2.75) is 17.3 Å². The number of nitrogens with one attached hydrogen (secondary N) is 1. The van der Waals surface area contributed by atoms with Crippen molar-refractivity contribution in [1.29, 1.82) is 0 Å². The molecule has 0 bridgehead atoms. The van der Waals surface area contributed by atoms with E-state index in [2.05, 4.69) is 9.82 Å². The number of thiophene rings is 1. The predicted octanol–water partition coefficient (Wildman–Crippen LogP) is 0.382. The molecule has 0 unspecified atom stereocenters. The molecule has 2 rings (SSSR count). The number of hydrogen-bond acceptors (Lipinski definition) is 5. The predicted molar refractivity (Wildman–Crippen MR) is 69.6 cm³/mol. The smallest absolute Gasteiger partial charge is 0.250 e. The fraction of sp³-hybridized carbons (Fsp3) is 0.300. The molecule has 0 aliphatic carbocycles. The van der Waals surface area contributed by atoms with E-state index in [1.807, 2.05) is 0 Å². The first kappa shape index (κ1) is 13.2. The van der Waals surface area contributed by atoms with Crippen LogP contribution in [0.4, 0.5) is 0 Å². The minimum Gasteiger partial charge on any atom is -0.326 e. The number of sulfonamides is 1. The van der Waals surface area contributed by atoms with Gasteiger partial charge in [0.1, 0.15) is 4.21 Å². The third-order valence-corrected chi connectivity index (χ3v) is 5.36. The Balaban J connectivity index is 1.95. The third kappa shape index (κ3) is 3.16. The SMILES string of the molecule is NCc1ccc(S(=O)(=O)NCCn2cccn2)s1. The summed E-state index contributed by atoms with van der Waals surface area (Å²) >= 11 is 1.19. The lowest BCUT2D eigenvalue weighted by Gasteiger charge is -2.04. The van der Waals surface area contributed by atoms with Crippen molar-refractivity contribution in [2.75, 3.05) is 6.54 Å². The second-order valence-electron chi connectivity index (χ2n) is 3.59. The summed E-state index contributed by atoms with van der Waals surface area (Å²) < 4.78 is 28.3. The monoisotopic (exact) mass is 286 g/mol. The van der Waals surface area contributed by atoms with Gasteiger partial charge in [0.05, 0.1) is 6.54 Å². The first-order valence-electron chi connectivity index (χ1n) is 5.38. The molecule has 0 saturated carbocycles. The van der Waals surface area contributed by atoms with Gasteiger partial charge in [0.15, 0.2) is 0 Å². The van der Waals surface area contributed by atoms with Crippen LogP contribution in [0.5, 0.6) is 0 Å². The zero-order valence-corrected chi connectivity index (χ0v) is 11.2. The Morgan fingerprint density at radius 1 is 1.44 bits per heavy atom. The highest BCUT2D eigenvalue weighted by molar-refractivity contribution is 7.91. The van der Waals surface area contributed by atoms with Gasteiger partial charge in [-0.05, 0) is 18.2 Å². The summed E-state index contributed by atoms with van der Waals surface area (Å²) in [7, 11) is -3.43. The van der Waals surface area contributed by atoms with E-state index in [-0.39, 0.29) is 0 Å². The van der Waals surface area contributed by atoms with Crippen molar-refractivity contribution in [3.05, 3.63) is 35.5 Å². The molecule has 0 saturated heterocycles. The van der Waals surface area contributed by atoms with Crippen molar-refractivity contribution in [1.82, 2.24) is 14.5 Å². The molecule has 98 valence electrons. The highest BCUT2D eigenvalue weighted by atomic mass is 32.2. The van der Waals surface area contributed by atoms with Crippen LogP contribution >= 0.6 is 11.3 Å². The van der Waals surface area contributed by atoms with E-state index in [0.29, 0.717) is 23.8 Å². The van der Waals surface area contributed by atoms with Crippen LogP contribution in [0.25, 0.3) is 0 Å². The molecule has 0 amide bonds. The minimum atomic E-state index is -3.43. The molecular weight excluding hydrogens is 272 g/mol. The molecule has 0 aromatic carbocycles. The van der Waals surface area contributed by atoms with Crippen LogP contribution in [0.2, 0.25) is 0 Å². The standard InChI is InChI=1S/C10H14N4O2S2/c11-8-9-2-3-10(17-9)18(15,16)13-5-7-14-6-1-4-12-14/h1-4,6,13H,5,7-8,11H2. The topological polar surface area (TPSA) is 90.0 Å². The lowest BCUT2D eigenvalue weighted by atomic mass is 10.5. The van der Waals surface area contributed by atoms with E-state index in [1.54, 1.807) is 35.3 Å². The van der Waals surface area contributed by atoms with Gasteiger partial charge in [0.2, 0.25) is 10.0 Å². The highest BCUT2D eigenvalue weighted by Crippen LogP contribution is 2.20. The second-order valence-corrected chi connectivity index (χ2v) is 6.75. The minimum absolute atomic E-state index is 0.295.